The van der Waals surface area contributed by atoms with Crippen LogP contribution in [0.25, 0.3) is 11.1 Å². The summed E-state index contributed by atoms with van der Waals surface area (Å²) in [6.07, 6.45) is 2.85. The van der Waals surface area contributed by atoms with Crippen molar-refractivity contribution in [1.82, 2.24) is 4.57 Å². The molecule has 166 valence electrons. The number of carbonyl (C=O) groups is 1. The molecule has 2 aromatic carbocycles. The van der Waals surface area contributed by atoms with Gasteiger partial charge in [-0.2, -0.15) is 0 Å². The molecule has 32 heavy (non-hydrogen) atoms. The number of halogens is 2. The van der Waals surface area contributed by atoms with Crippen LogP contribution in [0.2, 0.25) is 0 Å². The van der Waals surface area contributed by atoms with Gasteiger partial charge < -0.3 is 20.5 Å². The van der Waals surface area contributed by atoms with Crippen LogP contribution in [0.5, 0.6) is 0 Å². The first-order valence-corrected chi connectivity index (χ1v) is 9.97. The summed E-state index contributed by atoms with van der Waals surface area (Å²) in [5, 5.41) is 8.58. The highest BCUT2D eigenvalue weighted by Crippen LogP contribution is 2.34. The number of nitrogens with zero attached hydrogens (tertiary/aromatic N) is 1. The number of amides is 1. The highest BCUT2D eigenvalue weighted by molar-refractivity contribution is 6.00. The van der Waals surface area contributed by atoms with Gasteiger partial charge in [0.15, 0.2) is 0 Å². The van der Waals surface area contributed by atoms with Gasteiger partial charge >= 0.3 is 0 Å². The zero-order chi connectivity index (χ0) is 23.4. The van der Waals surface area contributed by atoms with E-state index in [9.17, 15) is 18.4 Å². The van der Waals surface area contributed by atoms with Gasteiger partial charge in [-0.3, -0.25) is 9.59 Å². The number of benzene rings is 2. The first-order valence-electron chi connectivity index (χ1n) is 9.97. The maximum absolute atomic E-state index is 14.3. The molecule has 0 fully saturated rings. The molecule has 3 rings (SSSR count). The van der Waals surface area contributed by atoms with Gasteiger partial charge in [0, 0.05) is 47.9 Å². The van der Waals surface area contributed by atoms with Crippen LogP contribution in [0.3, 0.4) is 0 Å². The average molecular weight is 438 g/mol. The lowest BCUT2D eigenvalue weighted by Gasteiger charge is -2.18. The second-order valence-corrected chi connectivity index (χ2v) is 7.40. The molecule has 0 atom stereocenters. The summed E-state index contributed by atoms with van der Waals surface area (Å²) in [5.41, 5.74) is 2.54. The molecule has 6 nitrogen and oxygen atoms in total. The first kappa shape index (κ1) is 22.7. The molecular weight excluding hydrogens is 414 g/mol. The minimum absolute atomic E-state index is 0.0848. The lowest BCUT2D eigenvalue weighted by atomic mass is 10.0. The Morgan fingerprint density at radius 3 is 2.41 bits per heavy atom. The minimum atomic E-state index is -0.747. The van der Waals surface area contributed by atoms with Crippen LogP contribution in [-0.2, 0) is 4.79 Å². The third-order valence-corrected chi connectivity index (χ3v) is 4.85. The first-order chi connectivity index (χ1) is 15.2. The average Bonchev–Trinajstić information content (AvgIpc) is 2.76. The Bertz CT molecular complexity index is 1240. The highest BCUT2D eigenvalue weighted by atomic mass is 19.1. The monoisotopic (exact) mass is 438 g/mol. The van der Waals surface area contributed by atoms with Crippen molar-refractivity contribution in [2.75, 3.05) is 23.0 Å². The maximum atomic E-state index is 14.3. The van der Waals surface area contributed by atoms with Crippen molar-refractivity contribution in [3.05, 3.63) is 83.3 Å². The predicted octanol–water partition coefficient (Wildman–Crippen LogP) is 5.28. The minimum Gasteiger partial charge on any atom is -0.384 e. The Kier molecular flexibility index (Phi) is 6.73. The molecule has 0 spiro atoms. The van der Waals surface area contributed by atoms with E-state index in [1.807, 2.05) is 13.8 Å². The Morgan fingerprint density at radius 2 is 1.78 bits per heavy atom. The molecule has 1 heterocycles. The zero-order valence-electron chi connectivity index (χ0n) is 18.0. The Labute approximate surface area is 184 Å². The van der Waals surface area contributed by atoms with Gasteiger partial charge in [0.1, 0.15) is 17.3 Å². The molecule has 0 bridgehead atoms. The van der Waals surface area contributed by atoms with Crippen LogP contribution in [0, 0.1) is 11.6 Å². The van der Waals surface area contributed by atoms with Crippen LogP contribution >= 0.6 is 0 Å². The molecule has 0 aliphatic carbocycles. The fourth-order valence-electron chi connectivity index (χ4n) is 3.21. The summed E-state index contributed by atoms with van der Waals surface area (Å²) in [6, 6.07) is 9.84. The zero-order valence-corrected chi connectivity index (χ0v) is 18.0. The van der Waals surface area contributed by atoms with E-state index in [1.165, 1.54) is 6.07 Å². The van der Waals surface area contributed by atoms with E-state index >= 15 is 0 Å². The van der Waals surface area contributed by atoms with Gasteiger partial charge in [0.25, 0.3) is 5.56 Å². The van der Waals surface area contributed by atoms with Crippen LogP contribution in [0.4, 0.5) is 31.5 Å². The summed E-state index contributed by atoms with van der Waals surface area (Å²) >= 11 is 0. The summed E-state index contributed by atoms with van der Waals surface area (Å²) < 4.78 is 29.2. The quantitative estimate of drug-likeness (QED) is 0.439. The van der Waals surface area contributed by atoms with Gasteiger partial charge in [-0.15, -0.1) is 0 Å². The topological polar surface area (TPSA) is 75.2 Å². The number of hydrogen-bond donors (Lipinski definition) is 3. The Morgan fingerprint density at radius 1 is 1.06 bits per heavy atom. The highest BCUT2D eigenvalue weighted by Gasteiger charge is 2.15. The van der Waals surface area contributed by atoms with Crippen molar-refractivity contribution < 1.29 is 13.6 Å². The van der Waals surface area contributed by atoms with E-state index in [4.69, 9.17) is 0 Å². The summed E-state index contributed by atoms with van der Waals surface area (Å²) in [7, 11) is 1.65. The van der Waals surface area contributed by atoms with Gasteiger partial charge in [-0.1, -0.05) is 6.58 Å². The number of aromatic nitrogens is 1. The predicted molar refractivity (Wildman–Crippen MR) is 125 cm³/mol. The number of nitrogens with one attached hydrogen (secondary N) is 3. The van der Waals surface area contributed by atoms with Crippen LogP contribution in [0.15, 0.2) is 66.1 Å². The lowest BCUT2D eigenvalue weighted by Crippen LogP contribution is -2.24. The maximum Gasteiger partial charge on any atom is 0.274 e. The van der Waals surface area contributed by atoms with E-state index in [0.29, 0.717) is 28.2 Å². The van der Waals surface area contributed by atoms with Crippen molar-refractivity contribution >= 4 is 28.7 Å². The summed E-state index contributed by atoms with van der Waals surface area (Å²) in [5.74, 6) is -1.81. The second-order valence-electron chi connectivity index (χ2n) is 7.40. The van der Waals surface area contributed by atoms with Crippen molar-refractivity contribution in [1.29, 1.82) is 0 Å². The fourth-order valence-corrected chi connectivity index (χ4v) is 3.21. The largest absolute Gasteiger partial charge is 0.384 e. The fraction of sp³-hybridized carbons (Fsp3) is 0.167. The van der Waals surface area contributed by atoms with Gasteiger partial charge in [0.05, 0.1) is 5.69 Å². The van der Waals surface area contributed by atoms with Crippen LogP contribution in [-0.4, -0.2) is 17.5 Å². The molecule has 0 aliphatic heterocycles. The lowest BCUT2D eigenvalue weighted by molar-refractivity contribution is -0.111. The SMILES string of the molecule is C=CC(=O)Nc1ccc(Nc2ccc(F)cc2F)c(-c2cc(NC)c(=O)n(C(C)C)c2)c1. The summed E-state index contributed by atoms with van der Waals surface area (Å²) in [6.45, 7) is 7.22. The molecule has 0 unspecified atom stereocenters. The molecule has 1 amide bonds. The van der Waals surface area contributed by atoms with Gasteiger partial charge in [-0.05, 0) is 56.3 Å². The van der Waals surface area contributed by atoms with Crippen molar-refractivity contribution in [3.8, 4) is 11.1 Å². The molecule has 8 heteroatoms. The molecule has 3 N–H and O–H groups in total. The number of rotatable bonds is 7. The second kappa shape index (κ2) is 9.47. The molecular formula is C24H24F2N4O2. The van der Waals surface area contributed by atoms with Gasteiger partial charge in [-0.25, -0.2) is 8.78 Å². The van der Waals surface area contributed by atoms with Crippen molar-refractivity contribution in [3.63, 3.8) is 0 Å². The third kappa shape index (κ3) is 4.85. The molecule has 3 aromatic rings. The Balaban J connectivity index is 2.19. The summed E-state index contributed by atoms with van der Waals surface area (Å²) in [4.78, 5) is 24.4. The van der Waals surface area contributed by atoms with Gasteiger partial charge in [0.2, 0.25) is 5.91 Å². The molecule has 0 radical (unpaired) electrons. The van der Waals surface area contributed by atoms with Crippen molar-refractivity contribution in [2.45, 2.75) is 19.9 Å². The normalized spacial score (nSPS) is 10.7. The van der Waals surface area contributed by atoms with Crippen LogP contribution < -0.4 is 21.5 Å². The van der Waals surface area contributed by atoms with Crippen LogP contribution in [0.1, 0.15) is 19.9 Å². The van der Waals surface area contributed by atoms with E-state index in [1.54, 1.807) is 42.1 Å². The molecule has 0 aliphatic rings. The van der Waals surface area contributed by atoms with E-state index in [2.05, 4.69) is 22.5 Å². The molecule has 1 aromatic heterocycles. The standard InChI is InChI=1S/C24H24F2N4O2/c1-5-23(31)28-17-7-9-20(29-21-8-6-16(25)11-19(21)26)18(12-17)15-10-22(27-4)24(32)30(13-15)14(2)3/h5-14,27,29H,1H2,2-4H3,(H,28,31). The number of carbonyl (C=O) groups excluding carboxylic acids is 1. The number of hydrogen-bond acceptors (Lipinski definition) is 4. The van der Waals surface area contributed by atoms with Crippen molar-refractivity contribution in [2.24, 2.45) is 0 Å². The molecule has 0 saturated carbocycles. The van der Waals surface area contributed by atoms with E-state index in [-0.39, 0.29) is 23.2 Å². The number of pyridine rings is 1. The van der Waals surface area contributed by atoms with E-state index < -0.39 is 11.6 Å². The number of anilines is 4. The smallest absolute Gasteiger partial charge is 0.274 e. The third-order valence-electron chi connectivity index (χ3n) is 4.85. The Hall–Kier alpha value is -3.94. The van der Waals surface area contributed by atoms with E-state index in [0.717, 1.165) is 18.2 Å². The molecule has 0 saturated heterocycles.